The van der Waals surface area contributed by atoms with E-state index in [0.717, 1.165) is 0 Å². The molecule has 0 aromatic heterocycles. The number of anilines is 1. The van der Waals surface area contributed by atoms with Gasteiger partial charge in [0.15, 0.2) is 0 Å². The van der Waals surface area contributed by atoms with Crippen LogP contribution in [0.5, 0.6) is 0 Å². The van der Waals surface area contributed by atoms with Crippen LogP contribution in [0.1, 0.15) is 36.8 Å². The monoisotopic (exact) mass is 209 g/mol. The molecular formula is C14H20LiN. The molecule has 0 N–H and O–H groups in total. The SMILES string of the molecule is [Li][c]1ccc(N2CCCCCC2)c(C)c1C. The molecule has 0 amide bonds. The van der Waals surface area contributed by atoms with Crippen LogP contribution in [0, 0.1) is 13.8 Å². The first kappa shape index (κ1) is 12.1. The predicted molar refractivity (Wildman–Crippen MR) is 72.0 cm³/mol. The summed E-state index contributed by atoms with van der Waals surface area (Å²) in [4.78, 5) is 2.58. The van der Waals surface area contributed by atoms with E-state index in [4.69, 9.17) is 0 Å². The molecule has 0 unspecified atom stereocenters. The Bertz CT molecular complexity index is 365. The second-order valence-electron chi connectivity index (χ2n) is 5.05. The van der Waals surface area contributed by atoms with Crippen molar-refractivity contribution in [3.05, 3.63) is 23.3 Å². The van der Waals surface area contributed by atoms with Crippen LogP contribution < -0.4 is 9.14 Å². The molecule has 1 aliphatic rings. The summed E-state index contributed by atoms with van der Waals surface area (Å²) in [6.45, 7) is 6.99. The topological polar surface area (TPSA) is 3.24 Å². The fourth-order valence-electron chi connectivity index (χ4n) is 2.60. The molecule has 0 bridgehead atoms. The van der Waals surface area contributed by atoms with E-state index in [1.165, 1.54) is 59.8 Å². The zero-order valence-corrected chi connectivity index (χ0v) is 10.8. The van der Waals surface area contributed by atoms with Crippen molar-refractivity contribution in [2.24, 2.45) is 0 Å². The number of hydrogen-bond donors (Lipinski definition) is 0. The molecule has 1 aromatic carbocycles. The summed E-state index contributed by atoms with van der Waals surface area (Å²) in [5.74, 6) is 0. The average molecular weight is 209 g/mol. The normalized spacial score (nSPS) is 17.4. The van der Waals surface area contributed by atoms with Crippen molar-refractivity contribution in [3.8, 4) is 0 Å². The van der Waals surface area contributed by atoms with Crippen molar-refractivity contribution in [2.45, 2.75) is 39.5 Å². The Hall–Kier alpha value is -0.383. The van der Waals surface area contributed by atoms with Crippen molar-refractivity contribution >= 4 is 27.6 Å². The summed E-state index contributed by atoms with van der Waals surface area (Å²) >= 11 is 2.20. The summed E-state index contributed by atoms with van der Waals surface area (Å²) in [5, 5.41) is 0. The van der Waals surface area contributed by atoms with Gasteiger partial charge in [-0.3, -0.25) is 0 Å². The van der Waals surface area contributed by atoms with Gasteiger partial charge in [0.25, 0.3) is 0 Å². The Morgan fingerprint density at radius 3 is 2.19 bits per heavy atom. The van der Waals surface area contributed by atoms with Gasteiger partial charge in [-0.15, -0.1) is 0 Å². The van der Waals surface area contributed by atoms with Crippen LogP contribution in [-0.2, 0) is 0 Å². The third kappa shape index (κ3) is 2.47. The molecule has 0 atom stereocenters. The molecule has 1 aromatic rings. The summed E-state index contributed by atoms with van der Waals surface area (Å²) in [5.41, 5.74) is 4.40. The molecule has 1 nitrogen and oxygen atoms in total. The van der Waals surface area contributed by atoms with Crippen LogP contribution >= 0.6 is 0 Å². The van der Waals surface area contributed by atoms with E-state index in [1.807, 2.05) is 0 Å². The van der Waals surface area contributed by atoms with Crippen molar-refractivity contribution in [1.82, 2.24) is 0 Å². The quantitative estimate of drug-likeness (QED) is 0.642. The second kappa shape index (κ2) is 5.30. The van der Waals surface area contributed by atoms with E-state index < -0.39 is 0 Å². The van der Waals surface area contributed by atoms with Gasteiger partial charge in [0.2, 0.25) is 0 Å². The minimum atomic E-state index is 1.24. The summed E-state index contributed by atoms with van der Waals surface area (Å²) in [6.07, 6.45) is 5.51. The molecule has 82 valence electrons. The van der Waals surface area contributed by atoms with Gasteiger partial charge >= 0.3 is 108 Å². The van der Waals surface area contributed by atoms with Crippen LogP contribution in [0.3, 0.4) is 0 Å². The van der Waals surface area contributed by atoms with Gasteiger partial charge in [-0.05, 0) is 0 Å². The fraction of sp³-hybridized carbons (Fsp3) is 0.571. The number of rotatable bonds is 1. The minimum absolute atomic E-state index is 1.24. The van der Waals surface area contributed by atoms with Crippen LogP contribution in [0.4, 0.5) is 5.69 Å². The molecule has 1 fully saturated rings. The second-order valence-corrected chi connectivity index (χ2v) is 5.05. The van der Waals surface area contributed by atoms with Crippen LogP contribution in [0.25, 0.3) is 0 Å². The molecule has 16 heavy (non-hydrogen) atoms. The van der Waals surface area contributed by atoms with E-state index >= 15 is 0 Å². The van der Waals surface area contributed by atoms with Crippen LogP contribution in [-0.4, -0.2) is 30.8 Å². The van der Waals surface area contributed by atoms with Crippen molar-refractivity contribution in [1.29, 1.82) is 0 Å². The van der Waals surface area contributed by atoms with Gasteiger partial charge in [0, 0.05) is 0 Å². The van der Waals surface area contributed by atoms with Gasteiger partial charge in [-0.25, -0.2) is 0 Å². The van der Waals surface area contributed by atoms with Crippen molar-refractivity contribution in [2.75, 3.05) is 18.0 Å². The molecule has 0 saturated carbocycles. The molecule has 1 aliphatic heterocycles. The summed E-state index contributed by atoms with van der Waals surface area (Å²) in [7, 11) is 0. The molecule has 0 aliphatic carbocycles. The molecule has 1 heterocycles. The third-order valence-corrected chi connectivity index (χ3v) is 3.98. The molecule has 1 saturated heterocycles. The van der Waals surface area contributed by atoms with Crippen molar-refractivity contribution < 1.29 is 0 Å². The first-order valence-corrected chi connectivity index (χ1v) is 6.52. The zero-order chi connectivity index (χ0) is 11.5. The van der Waals surface area contributed by atoms with Gasteiger partial charge in [-0.2, -0.15) is 0 Å². The van der Waals surface area contributed by atoms with Gasteiger partial charge < -0.3 is 0 Å². The van der Waals surface area contributed by atoms with Gasteiger partial charge in [0.05, 0.1) is 0 Å². The first-order chi connectivity index (χ1) is 7.70. The fourth-order valence-corrected chi connectivity index (χ4v) is 2.60. The van der Waals surface area contributed by atoms with Crippen LogP contribution in [0.2, 0.25) is 0 Å². The maximum absolute atomic E-state index is 2.58. The first-order valence-electron chi connectivity index (χ1n) is 6.52. The molecule has 0 radical (unpaired) electrons. The predicted octanol–water partition coefficient (Wildman–Crippen LogP) is 2.48. The van der Waals surface area contributed by atoms with Gasteiger partial charge in [-0.1, -0.05) is 0 Å². The Kier molecular flexibility index (Phi) is 4.00. The van der Waals surface area contributed by atoms with E-state index in [-0.39, 0.29) is 0 Å². The van der Waals surface area contributed by atoms with E-state index in [1.54, 1.807) is 0 Å². The molecule has 0 spiro atoms. The average Bonchev–Trinajstić information content (AvgIpc) is 2.55. The Morgan fingerprint density at radius 2 is 1.56 bits per heavy atom. The van der Waals surface area contributed by atoms with Crippen molar-refractivity contribution in [3.63, 3.8) is 0 Å². The standard InChI is InChI=1S/C14H20N.Li/c1-12-8-7-9-14(13(12)2)15-10-5-3-4-6-11-15;/h7,9H,3-6,10-11H2,1-2H3;. The molecular weight excluding hydrogens is 189 g/mol. The maximum atomic E-state index is 2.58. The Balaban J connectivity index is 2.28. The molecule has 2 rings (SSSR count). The number of nitrogens with zero attached hydrogens (tertiary/aromatic N) is 1. The van der Waals surface area contributed by atoms with E-state index in [9.17, 15) is 0 Å². The molecule has 2 heteroatoms. The number of hydrogen-bond acceptors (Lipinski definition) is 1. The number of benzene rings is 1. The van der Waals surface area contributed by atoms with Gasteiger partial charge in [0.1, 0.15) is 0 Å². The summed E-state index contributed by atoms with van der Waals surface area (Å²) in [6, 6.07) is 4.57. The Labute approximate surface area is 108 Å². The summed E-state index contributed by atoms with van der Waals surface area (Å²) < 4.78 is 1.41. The third-order valence-electron chi connectivity index (χ3n) is 3.98. The Morgan fingerprint density at radius 1 is 0.938 bits per heavy atom. The van der Waals surface area contributed by atoms with E-state index in [0.29, 0.717) is 0 Å². The van der Waals surface area contributed by atoms with Crippen LogP contribution in [0.15, 0.2) is 12.1 Å². The zero-order valence-electron chi connectivity index (χ0n) is 10.8. The van der Waals surface area contributed by atoms with E-state index in [2.05, 4.69) is 48.6 Å².